The molecule has 4 aromatic rings. The zero-order valence-electron chi connectivity index (χ0n) is 20.0. The summed E-state index contributed by atoms with van der Waals surface area (Å²) in [6.45, 7) is 3.67. The Labute approximate surface area is 203 Å². The van der Waals surface area contributed by atoms with Gasteiger partial charge in [0.1, 0.15) is 24.0 Å². The number of para-hydroxylation sites is 2. The maximum atomic E-state index is 13.4. The topological polar surface area (TPSA) is 52.9 Å². The van der Waals surface area contributed by atoms with Crippen LogP contribution in [0.2, 0.25) is 0 Å². The molecule has 0 fully saturated rings. The summed E-state index contributed by atoms with van der Waals surface area (Å²) in [4.78, 5) is 15.6. The largest absolute Gasteiger partial charge is 0.496 e. The van der Waals surface area contributed by atoms with Crippen LogP contribution in [-0.2, 0) is 20.1 Å². The Morgan fingerprint density at radius 2 is 1.91 bits per heavy atom. The second kappa shape index (κ2) is 8.32. The molecule has 2 aliphatic rings. The number of nitrogens with zero attached hydrogens (tertiary/aromatic N) is 2. The molecule has 0 atom stereocenters. The molecule has 176 valence electrons. The van der Waals surface area contributed by atoms with Crippen LogP contribution in [0.15, 0.2) is 66.6 Å². The quantitative estimate of drug-likeness (QED) is 0.374. The van der Waals surface area contributed by atoms with E-state index in [4.69, 9.17) is 14.2 Å². The first-order valence-electron chi connectivity index (χ1n) is 11.7. The van der Waals surface area contributed by atoms with Crippen molar-refractivity contribution in [3.8, 4) is 17.2 Å². The third-order valence-corrected chi connectivity index (χ3v) is 6.79. The minimum Gasteiger partial charge on any atom is -0.496 e. The lowest BCUT2D eigenvalue weighted by Gasteiger charge is -2.30. The van der Waals surface area contributed by atoms with Crippen molar-refractivity contribution in [1.82, 2.24) is 9.47 Å². The Bertz CT molecular complexity index is 1510. The number of benzene rings is 3. The highest BCUT2D eigenvalue weighted by Gasteiger charge is 2.35. The van der Waals surface area contributed by atoms with Crippen molar-refractivity contribution in [1.29, 1.82) is 0 Å². The summed E-state index contributed by atoms with van der Waals surface area (Å²) < 4.78 is 20.0. The Morgan fingerprint density at radius 3 is 2.77 bits per heavy atom. The molecule has 0 aliphatic carbocycles. The molecule has 0 amide bonds. The number of ketones is 1. The van der Waals surface area contributed by atoms with Crippen LogP contribution in [0.25, 0.3) is 17.0 Å². The summed E-state index contributed by atoms with van der Waals surface area (Å²) in [5, 5.41) is 1.08. The SMILES string of the molecule is COc1ccccc1CN1COc2cc(C)c3c(c2C1)O/C(=C\c1cn(C)c2ccccc12)C3=O. The molecule has 6 nitrogen and oxygen atoms in total. The van der Waals surface area contributed by atoms with Gasteiger partial charge in [-0.05, 0) is 36.8 Å². The Kier molecular flexibility index (Phi) is 5.11. The van der Waals surface area contributed by atoms with Gasteiger partial charge in [-0.2, -0.15) is 0 Å². The highest BCUT2D eigenvalue weighted by Crippen LogP contribution is 2.44. The van der Waals surface area contributed by atoms with Gasteiger partial charge in [0.05, 0.1) is 18.2 Å². The molecule has 1 aromatic heterocycles. The van der Waals surface area contributed by atoms with Crippen molar-refractivity contribution in [3.63, 3.8) is 0 Å². The number of aryl methyl sites for hydroxylation is 2. The fraction of sp³-hybridized carbons (Fsp3) is 0.207. The number of rotatable bonds is 4. The Balaban J connectivity index is 1.35. The summed E-state index contributed by atoms with van der Waals surface area (Å²) in [6, 6.07) is 18.1. The molecule has 0 radical (unpaired) electrons. The maximum Gasteiger partial charge on any atom is 0.232 e. The van der Waals surface area contributed by atoms with Crippen LogP contribution in [0.4, 0.5) is 0 Å². The van der Waals surface area contributed by atoms with Crippen molar-refractivity contribution in [2.45, 2.75) is 20.0 Å². The first-order valence-corrected chi connectivity index (χ1v) is 11.7. The van der Waals surface area contributed by atoms with E-state index in [1.165, 1.54) is 0 Å². The van der Waals surface area contributed by atoms with E-state index >= 15 is 0 Å². The zero-order chi connectivity index (χ0) is 24.1. The lowest BCUT2D eigenvalue weighted by atomic mass is 9.98. The van der Waals surface area contributed by atoms with Crippen molar-refractivity contribution < 1.29 is 19.0 Å². The third-order valence-electron chi connectivity index (χ3n) is 6.79. The molecule has 3 heterocycles. The number of allylic oxidation sites excluding steroid dienone is 1. The van der Waals surface area contributed by atoms with Crippen LogP contribution in [-0.4, -0.2) is 29.1 Å². The van der Waals surface area contributed by atoms with Gasteiger partial charge in [-0.3, -0.25) is 9.69 Å². The molecule has 0 spiro atoms. The van der Waals surface area contributed by atoms with Crippen LogP contribution in [0.3, 0.4) is 0 Å². The average Bonchev–Trinajstić information content (AvgIpc) is 3.37. The number of fused-ring (bicyclic) bond motifs is 4. The lowest BCUT2D eigenvalue weighted by Crippen LogP contribution is -2.32. The number of carbonyl (C=O) groups is 1. The number of hydrogen-bond acceptors (Lipinski definition) is 5. The first-order chi connectivity index (χ1) is 17.0. The molecule has 2 aliphatic heterocycles. The second-order valence-electron chi connectivity index (χ2n) is 9.10. The minimum atomic E-state index is -0.0879. The molecule has 35 heavy (non-hydrogen) atoms. The monoisotopic (exact) mass is 466 g/mol. The number of aromatic nitrogens is 1. The van der Waals surface area contributed by atoms with Crippen molar-refractivity contribution in [2.75, 3.05) is 13.8 Å². The lowest BCUT2D eigenvalue weighted by molar-refractivity contribution is 0.0864. The highest BCUT2D eigenvalue weighted by molar-refractivity contribution is 6.16. The van der Waals surface area contributed by atoms with Gasteiger partial charge < -0.3 is 18.8 Å². The van der Waals surface area contributed by atoms with E-state index in [1.54, 1.807) is 7.11 Å². The summed E-state index contributed by atoms with van der Waals surface area (Å²) in [7, 11) is 3.68. The highest BCUT2D eigenvalue weighted by atomic mass is 16.5. The number of Topliss-reactive ketones (excluding diaryl/α,β-unsaturated/α-hetero) is 1. The van der Waals surface area contributed by atoms with Gasteiger partial charge in [0.2, 0.25) is 5.78 Å². The molecule has 0 N–H and O–H groups in total. The summed E-state index contributed by atoms with van der Waals surface area (Å²) in [6.07, 6.45) is 3.88. The number of hydrogen-bond donors (Lipinski definition) is 0. The third kappa shape index (κ3) is 3.58. The van der Waals surface area contributed by atoms with Crippen molar-refractivity contribution in [2.24, 2.45) is 7.05 Å². The van der Waals surface area contributed by atoms with E-state index in [-0.39, 0.29) is 5.78 Å². The van der Waals surface area contributed by atoms with Crippen LogP contribution < -0.4 is 14.2 Å². The predicted molar refractivity (Wildman–Crippen MR) is 135 cm³/mol. The number of ether oxygens (including phenoxy) is 3. The van der Waals surface area contributed by atoms with Gasteiger partial charge in [-0.1, -0.05) is 36.4 Å². The van der Waals surface area contributed by atoms with Crippen LogP contribution in [0, 0.1) is 6.92 Å². The van der Waals surface area contributed by atoms with Crippen molar-refractivity contribution in [3.05, 3.63) is 94.4 Å². The zero-order valence-corrected chi connectivity index (χ0v) is 20.0. The van der Waals surface area contributed by atoms with Crippen LogP contribution >= 0.6 is 0 Å². The standard InChI is InChI=1S/C29H26N2O4/c1-18-12-25-22(16-31(17-34-25)15-19-8-4-7-11-24(19)33-3)29-27(18)28(32)26(35-29)13-20-14-30(2)23-10-6-5-9-21(20)23/h4-14H,15-17H2,1-3H3/b26-13-. The molecule has 6 rings (SSSR count). The van der Waals surface area contributed by atoms with Gasteiger partial charge >= 0.3 is 0 Å². The van der Waals surface area contributed by atoms with E-state index < -0.39 is 0 Å². The second-order valence-corrected chi connectivity index (χ2v) is 9.10. The molecule has 0 unspecified atom stereocenters. The predicted octanol–water partition coefficient (Wildman–Crippen LogP) is 5.46. The van der Waals surface area contributed by atoms with Gasteiger partial charge in [-0.15, -0.1) is 0 Å². The molecule has 0 saturated carbocycles. The van der Waals surface area contributed by atoms with E-state index in [1.807, 2.05) is 62.6 Å². The van der Waals surface area contributed by atoms with E-state index in [2.05, 4.69) is 27.7 Å². The molecule has 0 bridgehead atoms. The van der Waals surface area contributed by atoms with E-state index in [0.29, 0.717) is 36.9 Å². The Hall–Kier alpha value is -4.03. The van der Waals surface area contributed by atoms with Gasteiger partial charge in [-0.25, -0.2) is 0 Å². The van der Waals surface area contributed by atoms with E-state index in [0.717, 1.165) is 44.7 Å². The first kappa shape index (κ1) is 21.5. The molecule has 6 heteroatoms. The molecular formula is C29H26N2O4. The fourth-order valence-electron chi connectivity index (χ4n) is 5.08. The molecular weight excluding hydrogens is 440 g/mol. The van der Waals surface area contributed by atoms with Gasteiger partial charge in [0, 0.05) is 48.4 Å². The van der Waals surface area contributed by atoms with E-state index in [9.17, 15) is 4.79 Å². The fourth-order valence-corrected chi connectivity index (χ4v) is 5.08. The molecule has 0 saturated heterocycles. The van der Waals surface area contributed by atoms with Crippen molar-refractivity contribution >= 4 is 22.8 Å². The summed E-state index contributed by atoms with van der Waals surface area (Å²) in [5.74, 6) is 2.49. The normalized spacial score (nSPS) is 16.2. The minimum absolute atomic E-state index is 0.0879. The summed E-state index contributed by atoms with van der Waals surface area (Å²) >= 11 is 0. The smallest absolute Gasteiger partial charge is 0.232 e. The molecule has 3 aromatic carbocycles. The maximum absolute atomic E-state index is 13.4. The number of carbonyl (C=O) groups excluding carboxylic acids is 1. The summed E-state index contributed by atoms with van der Waals surface area (Å²) in [5.41, 5.74) is 5.54. The van der Waals surface area contributed by atoms with Gasteiger partial charge in [0.15, 0.2) is 5.76 Å². The van der Waals surface area contributed by atoms with Crippen LogP contribution in [0.5, 0.6) is 17.2 Å². The Morgan fingerprint density at radius 1 is 1.11 bits per heavy atom. The average molecular weight is 467 g/mol. The van der Waals surface area contributed by atoms with Crippen LogP contribution in [0.1, 0.15) is 32.6 Å². The van der Waals surface area contributed by atoms with Gasteiger partial charge in [0.25, 0.3) is 0 Å². The number of methoxy groups -OCH3 is 1.